The quantitative estimate of drug-likeness (QED) is 0.721. The molecule has 0 amide bonds. The zero-order chi connectivity index (χ0) is 12.8. The van der Waals surface area contributed by atoms with Crippen molar-refractivity contribution in [3.8, 4) is 0 Å². The standard InChI is InChI=1S/C14H24N2O2/c1-3-15-9-4-6-13-16-11-12(18-13)10-14(17-2)7-5-8-14/h11,15H,3-10H2,1-2H3. The molecule has 2 rings (SSSR count). The van der Waals surface area contributed by atoms with E-state index in [1.54, 1.807) is 7.11 Å². The predicted octanol–water partition coefficient (Wildman–Crippen LogP) is 2.33. The molecular weight excluding hydrogens is 228 g/mol. The van der Waals surface area contributed by atoms with Crippen molar-refractivity contribution in [2.45, 2.75) is 51.0 Å². The monoisotopic (exact) mass is 252 g/mol. The Morgan fingerprint density at radius 3 is 2.94 bits per heavy atom. The number of hydrogen-bond donors (Lipinski definition) is 1. The van der Waals surface area contributed by atoms with Gasteiger partial charge in [-0.05, 0) is 38.8 Å². The zero-order valence-electron chi connectivity index (χ0n) is 11.5. The summed E-state index contributed by atoms with van der Waals surface area (Å²) in [6, 6.07) is 0. The number of oxazole rings is 1. The van der Waals surface area contributed by atoms with E-state index in [9.17, 15) is 0 Å². The third-order valence-electron chi connectivity index (χ3n) is 3.79. The molecule has 0 aliphatic heterocycles. The smallest absolute Gasteiger partial charge is 0.194 e. The summed E-state index contributed by atoms with van der Waals surface area (Å²) in [4.78, 5) is 4.34. The first kappa shape index (κ1) is 13.6. The highest BCUT2D eigenvalue weighted by atomic mass is 16.5. The van der Waals surface area contributed by atoms with E-state index in [1.165, 1.54) is 6.42 Å². The maximum Gasteiger partial charge on any atom is 0.194 e. The molecule has 1 aliphatic carbocycles. The molecule has 1 fully saturated rings. The summed E-state index contributed by atoms with van der Waals surface area (Å²) in [7, 11) is 1.80. The molecule has 4 nitrogen and oxygen atoms in total. The number of ether oxygens (including phenoxy) is 1. The Bertz CT molecular complexity index is 353. The van der Waals surface area contributed by atoms with Gasteiger partial charge in [0.1, 0.15) is 5.76 Å². The van der Waals surface area contributed by atoms with Gasteiger partial charge in [-0.1, -0.05) is 6.92 Å². The second kappa shape index (κ2) is 6.34. The Morgan fingerprint density at radius 1 is 1.50 bits per heavy atom. The molecule has 18 heavy (non-hydrogen) atoms. The topological polar surface area (TPSA) is 47.3 Å². The van der Waals surface area contributed by atoms with Crippen molar-refractivity contribution in [2.24, 2.45) is 0 Å². The number of aromatic nitrogens is 1. The van der Waals surface area contributed by atoms with Gasteiger partial charge >= 0.3 is 0 Å². The molecule has 0 spiro atoms. The lowest BCUT2D eigenvalue weighted by atomic mass is 9.77. The molecule has 1 aromatic heterocycles. The molecule has 0 bridgehead atoms. The lowest BCUT2D eigenvalue weighted by Crippen LogP contribution is -2.41. The Labute approximate surface area is 109 Å². The first-order valence-corrected chi connectivity index (χ1v) is 6.97. The maximum absolute atomic E-state index is 5.78. The van der Waals surface area contributed by atoms with Gasteiger partial charge in [0.25, 0.3) is 0 Å². The lowest BCUT2D eigenvalue weighted by molar-refractivity contribution is -0.0738. The molecule has 4 heteroatoms. The van der Waals surface area contributed by atoms with Gasteiger partial charge in [0.15, 0.2) is 5.89 Å². The number of hydrogen-bond acceptors (Lipinski definition) is 4. The van der Waals surface area contributed by atoms with E-state index in [2.05, 4.69) is 17.2 Å². The fraction of sp³-hybridized carbons (Fsp3) is 0.786. The number of rotatable bonds is 8. The van der Waals surface area contributed by atoms with Crippen molar-refractivity contribution in [1.82, 2.24) is 10.3 Å². The molecule has 1 aromatic rings. The van der Waals surface area contributed by atoms with Gasteiger partial charge in [0, 0.05) is 20.0 Å². The number of nitrogens with one attached hydrogen (secondary N) is 1. The van der Waals surface area contributed by atoms with Crippen LogP contribution in [0.2, 0.25) is 0 Å². The van der Waals surface area contributed by atoms with Crippen LogP contribution in [0.1, 0.15) is 44.3 Å². The predicted molar refractivity (Wildman–Crippen MR) is 70.7 cm³/mol. The summed E-state index contributed by atoms with van der Waals surface area (Å²) in [5.41, 5.74) is 0.0283. The summed E-state index contributed by atoms with van der Waals surface area (Å²) in [6.45, 7) is 4.16. The molecule has 0 aromatic carbocycles. The largest absolute Gasteiger partial charge is 0.446 e. The van der Waals surface area contributed by atoms with E-state index < -0.39 is 0 Å². The fourth-order valence-corrected chi connectivity index (χ4v) is 2.43. The molecule has 0 atom stereocenters. The summed E-state index contributed by atoms with van der Waals surface area (Å²) in [6.07, 6.45) is 8.25. The average molecular weight is 252 g/mol. The van der Waals surface area contributed by atoms with E-state index in [1.807, 2.05) is 6.20 Å². The molecule has 1 N–H and O–H groups in total. The van der Waals surface area contributed by atoms with Crippen LogP contribution in [0.3, 0.4) is 0 Å². The van der Waals surface area contributed by atoms with Gasteiger partial charge in [-0.25, -0.2) is 4.98 Å². The van der Waals surface area contributed by atoms with Crippen LogP contribution in [0.4, 0.5) is 0 Å². The van der Waals surface area contributed by atoms with Gasteiger partial charge < -0.3 is 14.5 Å². The van der Waals surface area contributed by atoms with Crippen LogP contribution in [0.25, 0.3) is 0 Å². The fourth-order valence-electron chi connectivity index (χ4n) is 2.43. The number of nitrogens with zero attached hydrogens (tertiary/aromatic N) is 1. The lowest BCUT2D eigenvalue weighted by Gasteiger charge is -2.39. The Morgan fingerprint density at radius 2 is 2.33 bits per heavy atom. The molecule has 1 saturated carbocycles. The van der Waals surface area contributed by atoms with Crippen molar-refractivity contribution in [3.05, 3.63) is 17.8 Å². The van der Waals surface area contributed by atoms with Crippen molar-refractivity contribution in [2.75, 3.05) is 20.2 Å². The van der Waals surface area contributed by atoms with Crippen LogP contribution < -0.4 is 5.32 Å². The summed E-state index contributed by atoms with van der Waals surface area (Å²) < 4.78 is 11.4. The van der Waals surface area contributed by atoms with Crippen molar-refractivity contribution >= 4 is 0 Å². The minimum atomic E-state index is 0.0283. The van der Waals surface area contributed by atoms with Crippen LogP contribution in [0.5, 0.6) is 0 Å². The Kier molecular flexibility index (Phi) is 4.78. The summed E-state index contributed by atoms with van der Waals surface area (Å²) in [5.74, 6) is 1.82. The van der Waals surface area contributed by atoms with Gasteiger partial charge in [-0.15, -0.1) is 0 Å². The van der Waals surface area contributed by atoms with Crippen LogP contribution >= 0.6 is 0 Å². The van der Waals surface area contributed by atoms with Crippen LogP contribution in [-0.4, -0.2) is 30.8 Å². The maximum atomic E-state index is 5.78. The van der Waals surface area contributed by atoms with E-state index >= 15 is 0 Å². The molecule has 0 radical (unpaired) electrons. The van der Waals surface area contributed by atoms with Gasteiger partial charge in [0.2, 0.25) is 0 Å². The first-order chi connectivity index (χ1) is 8.78. The minimum absolute atomic E-state index is 0.0283. The van der Waals surface area contributed by atoms with Gasteiger partial charge in [0.05, 0.1) is 11.8 Å². The minimum Gasteiger partial charge on any atom is -0.446 e. The highest BCUT2D eigenvalue weighted by Crippen LogP contribution is 2.38. The molecular formula is C14H24N2O2. The normalized spacial score (nSPS) is 17.7. The molecule has 1 heterocycles. The molecule has 102 valence electrons. The van der Waals surface area contributed by atoms with Crippen LogP contribution in [0.15, 0.2) is 10.6 Å². The van der Waals surface area contributed by atoms with Crippen LogP contribution in [0, 0.1) is 0 Å². The summed E-state index contributed by atoms with van der Waals surface area (Å²) >= 11 is 0. The van der Waals surface area contributed by atoms with Crippen molar-refractivity contribution in [1.29, 1.82) is 0 Å². The van der Waals surface area contributed by atoms with E-state index in [0.29, 0.717) is 0 Å². The highest BCUT2D eigenvalue weighted by molar-refractivity contribution is 5.04. The van der Waals surface area contributed by atoms with E-state index in [4.69, 9.17) is 9.15 Å². The molecule has 1 aliphatic rings. The van der Waals surface area contributed by atoms with Gasteiger partial charge in [-0.2, -0.15) is 0 Å². The molecule has 0 unspecified atom stereocenters. The Hall–Kier alpha value is -0.870. The van der Waals surface area contributed by atoms with Gasteiger partial charge in [-0.3, -0.25) is 0 Å². The SMILES string of the molecule is CCNCCCc1ncc(CC2(OC)CCC2)o1. The van der Waals surface area contributed by atoms with Crippen molar-refractivity contribution < 1.29 is 9.15 Å². The Balaban J connectivity index is 1.79. The zero-order valence-corrected chi connectivity index (χ0v) is 11.5. The number of methoxy groups -OCH3 is 1. The van der Waals surface area contributed by atoms with E-state index in [0.717, 1.165) is 56.8 Å². The third-order valence-corrected chi connectivity index (χ3v) is 3.79. The second-order valence-corrected chi connectivity index (χ2v) is 5.09. The number of aryl methyl sites for hydroxylation is 1. The second-order valence-electron chi connectivity index (χ2n) is 5.09. The summed E-state index contributed by atoms with van der Waals surface area (Å²) in [5, 5.41) is 3.30. The average Bonchev–Trinajstić information content (AvgIpc) is 2.77. The van der Waals surface area contributed by atoms with E-state index in [-0.39, 0.29) is 5.60 Å². The third kappa shape index (κ3) is 3.33. The van der Waals surface area contributed by atoms with Crippen LogP contribution in [-0.2, 0) is 17.6 Å². The van der Waals surface area contributed by atoms with Crippen molar-refractivity contribution in [3.63, 3.8) is 0 Å². The highest BCUT2D eigenvalue weighted by Gasteiger charge is 2.38. The molecule has 0 saturated heterocycles. The first-order valence-electron chi connectivity index (χ1n) is 6.97.